The van der Waals surface area contributed by atoms with E-state index in [0.29, 0.717) is 0 Å². The van der Waals surface area contributed by atoms with Crippen molar-refractivity contribution < 1.29 is 9.90 Å². The SMILES string of the molecule is Cc1cccnc1CC(=O)NC1(CO)CC1. The fraction of sp³-hybridized carbons (Fsp3) is 0.500. The summed E-state index contributed by atoms with van der Waals surface area (Å²) in [5.41, 5.74) is 1.49. The van der Waals surface area contributed by atoms with Crippen LogP contribution in [0.25, 0.3) is 0 Å². The first kappa shape index (κ1) is 11.1. The summed E-state index contributed by atoms with van der Waals surface area (Å²) in [6.07, 6.45) is 3.72. The Morgan fingerprint density at radius 1 is 1.62 bits per heavy atom. The number of aromatic nitrogens is 1. The maximum absolute atomic E-state index is 11.7. The number of aliphatic hydroxyl groups excluding tert-OH is 1. The highest BCUT2D eigenvalue weighted by Gasteiger charge is 2.43. The van der Waals surface area contributed by atoms with Gasteiger partial charge in [0.1, 0.15) is 0 Å². The molecule has 0 saturated heterocycles. The topological polar surface area (TPSA) is 62.2 Å². The molecule has 0 aliphatic heterocycles. The molecule has 1 amide bonds. The number of carbonyl (C=O) groups is 1. The molecule has 1 aromatic rings. The fourth-order valence-corrected chi connectivity index (χ4v) is 1.67. The standard InChI is InChI=1S/C12H16N2O2/c1-9-3-2-6-13-10(9)7-11(16)14-12(8-15)4-5-12/h2-3,6,15H,4-5,7-8H2,1H3,(H,14,16). The summed E-state index contributed by atoms with van der Waals surface area (Å²) in [6.45, 7) is 1.97. The summed E-state index contributed by atoms with van der Waals surface area (Å²) < 4.78 is 0. The van der Waals surface area contributed by atoms with Gasteiger partial charge in [0.25, 0.3) is 0 Å². The van der Waals surface area contributed by atoms with Gasteiger partial charge in [0.05, 0.1) is 24.3 Å². The van der Waals surface area contributed by atoms with Crippen LogP contribution in [0.15, 0.2) is 18.3 Å². The minimum atomic E-state index is -0.334. The van der Waals surface area contributed by atoms with E-state index in [4.69, 9.17) is 5.11 Å². The molecule has 1 saturated carbocycles. The second-order valence-corrected chi connectivity index (χ2v) is 4.43. The second-order valence-electron chi connectivity index (χ2n) is 4.43. The molecule has 4 heteroatoms. The summed E-state index contributed by atoms with van der Waals surface area (Å²) in [5, 5.41) is 12.0. The predicted molar refractivity (Wildman–Crippen MR) is 59.9 cm³/mol. The first-order valence-corrected chi connectivity index (χ1v) is 5.48. The van der Waals surface area contributed by atoms with Crippen LogP contribution < -0.4 is 5.32 Å². The minimum absolute atomic E-state index is 0.0277. The van der Waals surface area contributed by atoms with Crippen molar-refractivity contribution in [1.82, 2.24) is 10.3 Å². The van der Waals surface area contributed by atoms with Crippen LogP contribution in [0.4, 0.5) is 0 Å². The zero-order chi connectivity index (χ0) is 11.6. The van der Waals surface area contributed by atoms with Gasteiger partial charge in [-0.3, -0.25) is 9.78 Å². The first-order valence-electron chi connectivity index (χ1n) is 5.48. The fourth-order valence-electron chi connectivity index (χ4n) is 1.67. The summed E-state index contributed by atoms with van der Waals surface area (Å²) in [6, 6.07) is 3.79. The lowest BCUT2D eigenvalue weighted by atomic mass is 10.1. The van der Waals surface area contributed by atoms with Crippen LogP contribution in [0.5, 0.6) is 0 Å². The molecular formula is C12H16N2O2. The summed E-state index contributed by atoms with van der Waals surface area (Å²) in [5.74, 6) is -0.0617. The van der Waals surface area contributed by atoms with E-state index in [1.807, 2.05) is 19.1 Å². The van der Waals surface area contributed by atoms with Crippen molar-refractivity contribution in [3.8, 4) is 0 Å². The Morgan fingerprint density at radius 3 is 2.94 bits per heavy atom. The molecule has 0 spiro atoms. The average Bonchev–Trinajstić information content (AvgIpc) is 3.02. The van der Waals surface area contributed by atoms with Crippen molar-refractivity contribution in [1.29, 1.82) is 0 Å². The van der Waals surface area contributed by atoms with Crippen LogP contribution in [-0.4, -0.2) is 28.1 Å². The van der Waals surface area contributed by atoms with E-state index in [-0.39, 0.29) is 24.5 Å². The van der Waals surface area contributed by atoms with Gasteiger partial charge < -0.3 is 10.4 Å². The van der Waals surface area contributed by atoms with Gasteiger partial charge in [0, 0.05) is 6.20 Å². The summed E-state index contributed by atoms with van der Waals surface area (Å²) in [4.78, 5) is 15.9. The molecule has 86 valence electrons. The number of pyridine rings is 1. The third-order valence-corrected chi connectivity index (χ3v) is 3.01. The van der Waals surface area contributed by atoms with E-state index >= 15 is 0 Å². The highest BCUT2D eigenvalue weighted by Crippen LogP contribution is 2.34. The minimum Gasteiger partial charge on any atom is -0.394 e. The Hall–Kier alpha value is -1.42. The number of amides is 1. The average molecular weight is 220 g/mol. The third kappa shape index (κ3) is 2.39. The number of hydrogen-bond donors (Lipinski definition) is 2. The van der Waals surface area contributed by atoms with Crippen LogP contribution in [0.2, 0.25) is 0 Å². The molecule has 0 atom stereocenters. The van der Waals surface area contributed by atoms with E-state index in [1.54, 1.807) is 6.20 Å². The number of aliphatic hydroxyl groups is 1. The van der Waals surface area contributed by atoms with E-state index in [1.165, 1.54) is 0 Å². The lowest BCUT2D eigenvalue weighted by Gasteiger charge is -2.14. The molecule has 4 nitrogen and oxygen atoms in total. The number of hydrogen-bond acceptors (Lipinski definition) is 3. The number of carbonyl (C=O) groups excluding carboxylic acids is 1. The molecule has 2 rings (SSSR count). The Labute approximate surface area is 94.7 Å². The predicted octanol–water partition coefficient (Wildman–Crippen LogP) is 0.574. The van der Waals surface area contributed by atoms with Crippen molar-refractivity contribution in [2.75, 3.05) is 6.61 Å². The number of nitrogens with zero attached hydrogens (tertiary/aromatic N) is 1. The maximum Gasteiger partial charge on any atom is 0.226 e. The molecule has 1 aliphatic carbocycles. The molecule has 2 N–H and O–H groups in total. The molecule has 0 unspecified atom stereocenters. The van der Waals surface area contributed by atoms with Crippen LogP contribution in [0, 0.1) is 6.92 Å². The number of aryl methyl sites for hydroxylation is 1. The lowest BCUT2D eigenvalue weighted by molar-refractivity contribution is -0.121. The highest BCUT2D eigenvalue weighted by atomic mass is 16.3. The molecule has 1 heterocycles. The van der Waals surface area contributed by atoms with Crippen molar-refractivity contribution >= 4 is 5.91 Å². The lowest BCUT2D eigenvalue weighted by Crippen LogP contribution is -2.40. The van der Waals surface area contributed by atoms with Gasteiger partial charge >= 0.3 is 0 Å². The van der Waals surface area contributed by atoms with Gasteiger partial charge in [0.2, 0.25) is 5.91 Å². The number of rotatable bonds is 4. The van der Waals surface area contributed by atoms with Gasteiger partial charge in [-0.1, -0.05) is 6.07 Å². The van der Waals surface area contributed by atoms with E-state index < -0.39 is 0 Å². The monoisotopic (exact) mass is 220 g/mol. The quantitative estimate of drug-likeness (QED) is 0.780. The van der Waals surface area contributed by atoms with Gasteiger partial charge in [-0.2, -0.15) is 0 Å². The number of nitrogens with one attached hydrogen (secondary N) is 1. The molecule has 0 radical (unpaired) electrons. The van der Waals surface area contributed by atoms with E-state index in [0.717, 1.165) is 24.1 Å². The smallest absolute Gasteiger partial charge is 0.226 e. The molecule has 0 bridgehead atoms. The van der Waals surface area contributed by atoms with E-state index in [2.05, 4.69) is 10.3 Å². The largest absolute Gasteiger partial charge is 0.394 e. The van der Waals surface area contributed by atoms with Crippen molar-refractivity contribution in [3.05, 3.63) is 29.6 Å². The highest BCUT2D eigenvalue weighted by molar-refractivity contribution is 5.79. The van der Waals surface area contributed by atoms with Crippen molar-refractivity contribution in [2.24, 2.45) is 0 Å². The Balaban J connectivity index is 1.95. The Morgan fingerprint density at radius 2 is 2.38 bits per heavy atom. The molecule has 0 aromatic carbocycles. The summed E-state index contributed by atoms with van der Waals surface area (Å²) in [7, 11) is 0. The van der Waals surface area contributed by atoms with Crippen LogP contribution >= 0.6 is 0 Å². The van der Waals surface area contributed by atoms with Crippen LogP contribution in [0.1, 0.15) is 24.1 Å². The van der Waals surface area contributed by atoms with Gasteiger partial charge in [-0.25, -0.2) is 0 Å². The zero-order valence-corrected chi connectivity index (χ0v) is 9.36. The first-order chi connectivity index (χ1) is 7.65. The Bertz CT molecular complexity index is 400. The van der Waals surface area contributed by atoms with Crippen molar-refractivity contribution in [2.45, 2.75) is 31.7 Å². The van der Waals surface area contributed by atoms with Gasteiger partial charge in [-0.15, -0.1) is 0 Å². The maximum atomic E-state index is 11.7. The normalized spacial score (nSPS) is 16.9. The van der Waals surface area contributed by atoms with Crippen molar-refractivity contribution in [3.63, 3.8) is 0 Å². The summed E-state index contributed by atoms with van der Waals surface area (Å²) >= 11 is 0. The van der Waals surface area contributed by atoms with Gasteiger partial charge in [-0.05, 0) is 31.4 Å². The molecule has 16 heavy (non-hydrogen) atoms. The van der Waals surface area contributed by atoms with E-state index in [9.17, 15) is 4.79 Å². The molecular weight excluding hydrogens is 204 g/mol. The van der Waals surface area contributed by atoms with Crippen LogP contribution in [0.3, 0.4) is 0 Å². The third-order valence-electron chi connectivity index (χ3n) is 3.01. The Kier molecular flexibility index (Phi) is 2.92. The van der Waals surface area contributed by atoms with Gasteiger partial charge in [0.15, 0.2) is 0 Å². The molecule has 1 aromatic heterocycles. The second kappa shape index (κ2) is 4.22. The van der Waals surface area contributed by atoms with Crippen LogP contribution in [-0.2, 0) is 11.2 Å². The zero-order valence-electron chi connectivity index (χ0n) is 9.36. The molecule has 1 aliphatic rings. The molecule has 1 fully saturated rings.